The Hall–Kier alpha value is -2.81. The van der Waals surface area contributed by atoms with Crippen molar-refractivity contribution in [3.8, 4) is 0 Å². The molecule has 8 heteroatoms. The molecule has 198 valence electrons. The van der Waals surface area contributed by atoms with E-state index in [1.54, 1.807) is 19.9 Å². The molecule has 0 radical (unpaired) electrons. The second kappa shape index (κ2) is 8.61. The van der Waals surface area contributed by atoms with E-state index in [1.807, 2.05) is 30.3 Å². The number of carbonyl (C=O) groups is 3. The van der Waals surface area contributed by atoms with Gasteiger partial charge in [0.15, 0.2) is 0 Å². The number of benzene rings is 1. The van der Waals surface area contributed by atoms with Gasteiger partial charge in [0.1, 0.15) is 23.6 Å². The van der Waals surface area contributed by atoms with Crippen LogP contribution < -0.4 is 0 Å². The lowest BCUT2D eigenvalue weighted by Gasteiger charge is -2.55. The Morgan fingerprint density at radius 1 is 1.11 bits per heavy atom. The first-order valence-corrected chi connectivity index (χ1v) is 12.8. The van der Waals surface area contributed by atoms with E-state index in [4.69, 9.17) is 9.47 Å². The van der Waals surface area contributed by atoms with Crippen molar-refractivity contribution < 1.29 is 39.2 Å². The molecule has 4 aliphatic rings. The highest BCUT2D eigenvalue weighted by Crippen LogP contribution is 2.80. The van der Waals surface area contributed by atoms with Gasteiger partial charge in [0.2, 0.25) is 0 Å². The summed E-state index contributed by atoms with van der Waals surface area (Å²) >= 11 is 0. The summed E-state index contributed by atoms with van der Waals surface area (Å²) in [4.78, 5) is 38.3. The third kappa shape index (κ3) is 3.15. The van der Waals surface area contributed by atoms with E-state index in [0.29, 0.717) is 18.4 Å². The van der Waals surface area contributed by atoms with E-state index < -0.39 is 70.5 Å². The minimum atomic E-state index is -1.80. The summed E-state index contributed by atoms with van der Waals surface area (Å²) < 4.78 is 11.5. The molecule has 2 spiro atoms. The quantitative estimate of drug-likeness (QED) is 0.319. The Kier molecular flexibility index (Phi) is 6.01. The number of esters is 2. The Morgan fingerprint density at radius 2 is 1.78 bits per heavy atom. The fraction of sp³-hybridized carbons (Fsp3) is 0.552. The van der Waals surface area contributed by atoms with Gasteiger partial charge in [-0.2, -0.15) is 0 Å². The van der Waals surface area contributed by atoms with Crippen LogP contribution in [0.15, 0.2) is 48.6 Å². The zero-order valence-corrected chi connectivity index (χ0v) is 21.3. The number of ketones is 1. The van der Waals surface area contributed by atoms with Gasteiger partial charge in [0.05, 0.1) is 12.2 Å². The molecular formula is C29H34O8. The molecule has 0 amide bonds. The van der Waals surface area contributed by atoms with Crippen LogP contribution in [0.2, 0.25) is 0 Å². The molecule has 0 heterocycles. The smallest absolute Gasteiger partial charge is 0.331 e. The fourth-order valence-electron chi connectivity index (χ4n) is 8.58. The molecule has 1 aromatic rings. The van der Waals surface area contributed by atoms with Crippen molar-refractivity contribution >= 4 is 23.8 Å². The molecule has 0 aliphatic heterocycles. The highest BCUT2D eigenvalue weighted by atomic mass is 16.6. The van der Waals surface area contributed by atoms with E-state index in [-0.39, 0.29) is 12.2 Å². The molecule has 0 saturated heterocycles. The fourth-order valence-corrected chi connectivity index (χ4v) is 8.58. The summed E-state index contributed by atoms with van der Waals surface area (Å²) in [6.07, 6.45) is -1.28. The predicted molar refractivity (Wildman–Crippen MR) is 133 cm³/mol. The predicted octanol–water partition coefficient (Wildman–Crippen LogP) is 2.21. The van der Waals surface area contributed by atoms with Gasteiger partial charge in [-0.05, 0) is 36.0 Å². The monoisotopic (exact) mass is 510 g/mol. The van der Waals surface area contributed by atoms with Crippen molar-refractivity contribution in [2.24, 2.45) is 28.6 Å². The van der Waals surface area contributed by atoms with E-state index in [0.717, 1.165) is 5.56 Å². The number of hydrogen-bond acceptors (Lipinski definition) is 8. The summed E-state index contributed by atoms with van der Waals surface area (Å²) in [5.41, 5.74) is -3.36. The SMILES string of the molecule is C=C1[C@@H](OC(=O)/C=C/c2ccccc2)CCC2[C@@H](O)C(OC(C)=O)C34[C@H](C)C(=O)CC(O)([C@@H](O)C123)[C@H]4C. The number of Topliss-reactive ketones (excluding diaryl/α,β-unsaturated/α-hetero) is 1. The number of rotatable bonds is 4. The maximum Gasteiger partial charge on any atom is 0.331 e. The van der Waals surface area contributed by atoms with Gasteiger partial charge >= 0.3 is 11.9 Å². The summed E-state index contributed by atoms with van der Waals surface area (Å²) in [6.45, 7) is 8.95. The van der Waals surface area contributed by atoms with Gasteiger partial charge in [-0.15, -0.1) is 0 Å². The van der Waals surface area contributed by atoms with Crippen LogP contribution in [0.3, 0.4) is 0 Å². The number of carbonyl (C=O) groups excluding carboxylic acids is 3. The van der Waals surface area contributed by atoms with E-state index >= 15 is 0 Å². The minimum Gasteiger partial charge on any atom is -0.459 e. The Morgan fingerprint density at radius 3 is 2.43 bits per heavy atom. The van der Waals surface area contributed by atoms with Gasteiger partial charge in [-0.1, -0.05) is 50.8 Å². The molecule has 4 aliphatic carbocycles. The van der Waals surface area contributed by atoms with Gasteiger partial charge < -0.3 is 24.8 Å². The molecule has 5 rings (SSSR count). The maximum absolute atomic E-state index is 13.3. The van der Waals surface area contributed by atoms with Crippen molar-refractivity contribution in [3.05, 3.63) is 54.1 Å². The molecule has 2 bridgehead atoms. The molecule has 8 nitrogen and oxygen atoms in total. The van der Waals surface area contributed by atoms with Crippen molar-refractivity contribution in [2.75, 3.05) is 0 Å². The molecule has 5 unspecified atom stereocenters. The first-order valence-electron chi connectivity index (χ1n) is 12.8. The van der Waals surface area contributed by atoms with Crippen LogP contribution in [-0.4, -0.2) is 63.1 Å². The first-order chi connectivity index (χ1) is 17.4. The van der Waals surface area contributed by atoms with Crippen LogP contribution in [0.4, 0.5) is 0 Å². The number of fused-ring (bicyclic) bond motifs is 1. The highest BCUT2D eigenvalue weighted by molar-refractivity contribution is 5.88. The van der Waals surface area contributed by atoms with E-state index in [1.165, 1.54) is 13.0 Å². The van der Waals surface area contributed by atoms with Gasteiger partial charge in [0, 0.05) is 42.1 Å². The van der Waals surface area contributed by atoms with Crippen molar-refractivity contribution in [2.45, 2.75) is 70.1 Å². The van der Waals surface area contributed by atoms with Crippen molar-refractivity contribution in [1.29, 1.82) is 0 Å². The summed E-state index contributed by atoms with van der Waals surface area (Å²) in [6, 6.07) is 9.27. The number of ether oxygens (including phenoxy) is 2. The molecule has 10 atom stereocenters. The Bertz CT molecular complexity index is 1180. The average Bonchev–Trinajstić information content (AvgIpc) is 3.13. The lowest BCUT2D eigenvalue weighted by atomic mass is 9.48. The summed E-state index contributed by atoms with van der Waals surface area (Å²) in [5.74, 6) is -3.63. The van der Waals surface area contributed by atoms with Gasteiger partial charge in [0.25, 0.3) is 0 Å². The number of hydrogen-bond donors (Lipinski definition) is 3. The van der Waals surface area contributed by atoms with E-state index in [2.05, 4.69) is 6.58 Å². The summed E-state index contributed by atoms with van der Waals surface area (Å²) in [5, 5.41) is 35.2. The molecular weight excluding hydrogens is 476 g/mol. The third-order valence-corrected chi connectivity index (χ3v) is 9.95. The van der Waals surface area contributed by atoms with Gasteiger partial charge in [-0.25, -0.2) is 4.79 Å². The number of aliphatic hydroxyl groups excluding tert-OH is 2. The van der Waals surface area contributed by atoms with Crippen LogP contribution in [-0.2, 0) is 23.9 Å². The van der Waals surface area contributed by atoms with Crippen molar-refractivity contribution in [3.63, 3.8) is 0 Å². The van der Waals surface area contributed by atoms with Crippen LogP contribution >= 0.6 is 0 Å². The molecule has 3 N–H and O–H groups in total. The second-order valence-corrected chi connectivity index (χ2v) is 11.2. The molecule has 4 saturated carbocycles. The Balaban J connectivity index is 1.58. The Labute approximate surface area is 216 Å². The molecule has 1 aromatic carbocycles. The minimum absolute atomic E-state index is 0.257. The van der Waals surface area contributed by atoms with Crippen LogP contribution in [0.25, 0.3) is 6.08 Å². The molecule has 4 fully saturated rings. The summed E-state index contributed by atoms with van der Waals surface area (Å²) in [7, 11) is 0. The second-order valence-electron chi connectivity index (χ2n) is 11.2. The third-order valence-electron chi connectivity index (χ3n) is 9.95. The maximum atomic E-state index is 13.3. The number of aliphatic hydroxyl groups is 3. The molecule has 37 heavy (non-hydrogen) atoms. The van der Waals surface area contributed by atoms with Crippen LogP contribution in [0.1, 0.15) is 45.6 Å². The highest BCUT2D eigenvalue weighted by Gasteiger charge is 2.88. The van der Waals surface area contributed by atoms with E-state index in [9.17, 15) is 29.7 Å². The van der Waals surface area contributed by atoms with Crippen LogP contribution in [0.5, 0.6) is 0 Å². The first kappa shape index (κ1) is 25.8. The average molecular weight is 511 g/mol. The topological polar surface area (TPSA) is 130 Å². The lowest BCUT2D eigenvalue weighted by Crippen LogP contribution is -2.60. The van der Waals surface area contributed by atoms with Gasteiger partial charge in [-0.3, -0.25) is 9.59 Å². The zero-order chi connectivity index (χ0) is 26.9. The standard InChI is InChI=1S/C29H34O8/c1-15-21(31)14-27(35)17(3)28(15)25(36-18(4)30)24(33)20-11-12-22(16(2)29(20,28)26(27)34)37-23(32)13-10-19-8-6-5-7-9-19/h5-10,13,15,17,20,22,24-26,33-35H,2,11-12,14H2,1,3-4H3/b13-10+/t15-,17-,20?,22+,24-,25?,26-,27?,28?,29?/m1/s1. The largest absolute Gasteiger partial charge is 0.459 e. The molecule has 0 aromatic heterocycles. The normalized spacial score (nSPS) is 44.4. The van der Waals surface area contributed by atoms with Crippen LogP contribution in [0, 0.1) is 28.6 Å². The lowest BCUT2D eigenvalue weighted by molar-refractivity contribution is -0.186. The zero-order valence-electron chi connectivity index (χ0n) is 21.3. The van der Waals surface area contributed by atoms with Crippen molar-refractivity contribution in [1.82, 2.24) is 0 Å².